The van der Waals surface area contributed by atoms with Crippen molar-refractivity contribution in [3.8, 4) is 11.5 Å². The highest BCUT2D eigenvalue weighted by Gasteiger charge is 2.10. The molecule has 0 aromatic heterocycles. The summed E-state index contributed by atoms with van der Waals surface area (Å²) in [5, 5.41) is 0. The number of carbonyl (C=O) groups is 1. The molecule has 0 saturated carbocycles. The van der Waals surface area contributed by atoms with Crippen LogP contribution in [0.15, 0.2) is 36.4 Å². The first kappa shape index (κ1) is 15.4. The molecule has 0 atom stereocenters. The summed E-state index contributed by atoms with van der Waals surface area (Å²) in [6.07, 6.45) is 1.32. The fraction of sp³-hybridized carbons (Fsp3) is 0.438. The third-order valence-electron chi connectivity index (χ3n) is 2.88. The van der Waals surface area contributed by atoms with Gasteiger partial charge in [0.1, 0.15) is 0 Å². The van der Waals surface area contributed by atoms with Crippen LogP contribution in [0.5, 0.6) is 11.5 Å². The van der Waals surface area contributed by atoms with Gasteiger partial charge in [0.15, 0.2) is 11.5 Å². The van der Waals surface area contributed by atoms with Crippen molar-refractivity contribution in [2.45, 2.75) is 12.8 Å². The number of para-hydroxylation sites is 2. The van der Waals surface area contributed by atoms with Crippen LogP contribution in [-0.2, 0) is 14.3 Å². The largest absolute Gasteiger partial charge is 0.490 e. The van der Waals surface area contributed by atoms with E-state index in [1.807, 2.05) is 24.3 Å². The molecule has 1 aromatic carbocycles. The molecule has 21 heavy (non-hydrogen) atoms. The molecule has 1 aliphatic heterocycles. The van der Waals surface area contributed by atoms with Gasteiger partial charge in [-0.25, -0.2) is 4.79 Å². The van der Waals surface area contributed by atoms with Crippen molar-refractivity contribution in [2.24, 2.45) is 0 Å². The zero-order chi connectivity index (χ0) is 14.9. The number of esters is 1. The van der Waals surface area contributed by atoms with Crippen molar-refractivity contribution < 1.29 is 23.7 Å². The molecule has 0 bridgehead atoms. The molecule has 0 amide bonds. The van der Waals surface area contributed by atoms with Gasteiger partial charge < -0.3 is 18.9 Å². The Balaban J connectivity index is 1.95. The van der Waals surface area contributed by atoms with Gasteiger partial charge in [0.2, 0.25) is 0 Å². The van der Waals surface area contributed by atoms with Crippen LogP contribution in [0, 0.1) is 0 Å². The second-order valence-electron chi connectivity index (χ2n) is 4.64. The van der Waals surface area contributed by atoms with Gasteiger partial charge in [-0.3, -0.25) is 0 Å². The Morgan fingerprint density at radius 3 is 2.10 bits per heavy atom. The maximum absolute atomic E-state index is 11.6. The summed E-state index contributed by atoms with van der Waals surface area (Å²) in [6, 6.07) is 7.52. The normalized spacial score (nSPS) is 18.3. The number of ether oxygens (including phenoxy) is 4. The van der Waals surface area contributed by atoms with Gasteiger partial charge in [0.05, 0.1) is 38.6 Å². The number of carbonyl (C=O) groups excluding carboxylic acids is 1. The first-order chi connectivity index (χ1) is 10.3. The third-order valence-corrected chi connectivity index (χ3v) is 2.88. The Labute approximate surface area is 124 Å². The third kappa shape index (κ3) is 5.11. The van der Waals surface area contributed by atoms with E-state index in [1.165, 1.54) is 0 Å². The van der Waals surface area contributed by atoms with Crippen LogP contribution in [0.3, 0.4) is 0 Å². The summed E-state index contributed by atoms with van der Waals surface area (Å²) in [4.78, 5) is 11.6. The molecule has 0 saturated heterocycles. The molecule has 0 N–H and O–H groups in total. The molecular weight excluding hydrogens is 272 g/mol. The fourth-order valence-corrected chi connectivity index (χ4v) is 1.79. The van der Waals surface area contributed by atoms with Gasteiger partial charge in [-0.05, 0) is 12.1 Å². The molecule has 1 aromatic rings. The van der Waals surface area contributed by atoms with E-state index in [9.17, 15) is 4.79 Å². The predicted octanol–water partition coefficient (Wildman–Crippen LogP) is 2.35. The van der Waals surface area contributed by atoms with E-state index < -0.39 is 5.97 Å². The van der Waals surface area contributed by atoms with Crippen LogP contribution >= 0.6 is 0 Å². The molecule has 0 unspecified atom stereocenters. The molecular formula is C16H20O5. The van der Waals surface area contributed by atoms with Gasteiger partial charge in [-0.15, -0.1) is 0 Å². The summed E-state index contributed by atoms with van der Waals surface area (Å²) >= 11 is 0. The second kappa shape index (κ2) is 8.32. The molecule has 5 heteroatoms. The topological polar surface area (TPSA) is 54.0 Å². The van der Waals surface area contributed by atoms with E-state index in [1.54, 1.807) is 0 Å². The fourth-order valence-electron chi connectivity index (χ4n) is 1.79. The summed E-state index contributed by atoms with van der Waals surface area (Å²) in [5.74, 6) is 0.999. The quantitative estimate of drug-likeness (QED) is 0.543. The Morgan fingerprint density at radius 2 is 1.43 bits per heavy atom. The number of hydrogen-bond donors (Lipinski definition) is 0. The van der Waals surface area contributed by atoms with Crippen LogP contribution in [0.2, 0.25) is 0 Å². The molecule has 1 heterocycles. The average molecular weight is 292 g/mol. The minimum Gasteiger partial charge on any atom is -0.490 e. The van der Waals surface area contributed by atoms with E-state index >= 15 is 0 Å². The van der Waals surface area contributed by atoms with Gasteiger partial charge in [-0.1, -0.05) is 18.7 Å². The zero-order valence-electron chi connectivity index (χ0n) is 12.0. The summed E-state index contributed by atoms with van der Waals surface area (Å²) < 4.78 is 21.8. The molecule has 5 nitrogen and oxygen atoms in total. The maximum atomic E-state index is 11.6. The van der Waals surface area contributed by atoms with Gasteiger partial charge in [0, 0.05) is 12.8 Å². The van der Waals surface area contributed by atoms with Crippen LogP contribution in [-0.4, -0.2) is 39.0 Å². The standard InChI is InChI=1S/C16H20O5/c1-13-12-18-8-4-9-19-14-6-2-3-7-15(14)20-10-5-11-21-16(13)17/h2-3,6-7H,1,4-5,8-12H2. The smallest absolute Gasteiger partial charge is 0.335 e. The lowest BCUT2D eigenvalue weighted by atomic mass is 10.3. The summed E-state index contributed by atoms with van der Waals surface area (Å²) in [6.45, 7) is 5.61. The Bertz CT molecular complexity index is 483. The van der Waals surface area contributed by atoms with E-state index in [0.29, 0.717) is 49.9 Å². The van der Waals surface area contributed by atoms with E-state index in [0.717, 1.165) is 6.42 Å². The van der Waals surface area contributed by atoms with Crippen molar-refractivity contribution in [3.05, 3.63) is 36.4 Å². The highest BCUT2D eigenvalue weighted by atomic mass is 16.5. The van der Waals surface area contributed by atoms with Crippen LogP contribution in [0.25, 0.3) is 0 Å². The molecule has 2 rings (SSSR count). The van der Waals surface area contributed by atoms with Crippen molar-refractivity contribution in [2.75, 3.05) is 33.0 Å². The van der Waals surface area contributed by atoms with E-state index in [4.69, 9.17) is 18.9 Å². The highest BCUT2D eigenvalue weighted by Crippen LogP contribution is 2.26. The summed E-state index contributed by atoms with van der Waals surface area (Å²) in [5.41, 5.74) is 0.329. The van der Waals surface area contributed by atoms with E-state index in [-0.39, 0.29) is 6.61 Å². The minimum atomic E-state index is -0.415. The highest BCUT2D eigenvalue weighted by molar-refractivity contribution is 5.87. The van der Waals surface area contributed by atoms with Crippen LogP contribution in [0.1, 0.15) is 12.8 Å². The monoisotopic (exact) mass is 292 g/mol. The molecule has 0 aliphatic carbocycles. The maximum Gasteiger partial charge on any atom is 0.335 e. The summed E-state index contributed by atoms with van der Waals surface area (Å²) in [7, 11) is 0. The number of rotatable bonds is 0. The predicted molar refractivity (Wildman–Crippen MR) is 77.6 cm³/mol. The van der Waals surface area contributed by atoms with Crippen molar-refractivity contribution >= 4 is 5.97 Å². The lowest BCUT2D eigenvalue weighted by Crippen LogP contribution is -2.14. The Hall–Kier alpha value is -2.01. The number of hydrogen-bond acceptors (Lipinski definition) is 5. The van der Waals surface area contributed by atoms with Crippen LogP contribution in [0.4, 0.5) is 0 Å². The molecule has 1 aliphatic rings. The Kier molecular flexibility index (Phi) is 6.09. The van der Waals surface area contributed by atoms with Gasteiger partial charge in [0.25, 0.3) is 0 Å². The van der Waals surface area contributed by atoms with Crippen LogP contribution < -0.4 is 9.47 Å². The number of cyclic esters (lactones) is 1. The van der Waals surface area contributed by atoms with Gasteiger partial charge >= 0.3 is 5.97 Å². The van der Waals surface area contributed by atoms with Crippen molar-refractivity contribution in [1.29, 1.82) is 0 Å². The lowest BCUT2D eigenvalue weighted by Gasteiger charge is -2.12. The van der Waals surface area contributed by atoms with Crippen molar-refractivity contribution in [1.82, 2.24) is 0 Å². The molecule has 0 spiro atoms. The second-order valence-corrected chi connectivity index (χ2v) is 4.64. The number of fused-ring (bicyclic) bond motifs is 1. The van der Waals surface area contributed by atoms with Crippen molar-refractivity contribution in [3.63, 3.8) is 0 Å². The lowest BCUT2D eigenvalue weighted by molar-refractivity contribution is -0.139. The first-order valence-electron chi connectivity index (χ1n) is 7.04. The van der Waals surface area contributed by atoms with Gasteiger partial charge in [-0.2, -0.15) is 0 Å². The zero-order valence-corrected chi connectivity index (χ0v) is 12.0. The molecule has 114 valence electrons. The Morgan fingerprint density at radius 1 is 0.857 bits per heavy atom. The molecule has 0 fully saturated rings. The SMILES string of the molecule is C=C1COCCCOc2ccccc2OCCCOC1=O. The minimum absolute atomic E-state index is 0.186. The van der Waals surface area contributed by atoms with E-state index in [2.05, 4.69) is 6.58 Å². The number of benzene rings is 1. The molecule has 0 radical (unpaired) electrons. The average Bonchev–Trinajstić information content (AvgIpc) is 2.50. The first-order valence-corrected chi connectivity index (χ1v) is 7.04.